The van der Waals surface area contributed by atoms with Crippen molar-refractivity contribution in [2.45, 2.75) is 38.7 Å². The molecular weight excluding hydrogens is 414 g/mol. The molecule has 4 aromatic rings. The van der Waals surface area contributed by atoms with E-state index >= 15 is 0 Å². The number of ether oxygens (including phenoxy) is 1. The van der Waals surface area contributed by atoms with Gasteiger partial charge in [0, 0.05) is 19.5 Å². The minimum atomic E-state index is -0.949. The number of nitrogens with zero attached hydrogens (tertiary/aromatic N) is 3. The highest BCUT2D eigenvalue weighted by molar-refractivity contribution is 6.03. The third kappa shape index (κ3) is 3.61. The summed E-state index contributed by atoms with van der Waals surface area (Å²) in [6, 6.07) is 22.9. The van der Waals surface area contributed by atoms with Gasteiger partial charge in [-0.15, -0.1) is 0 Å². The molecule has 0 fully saturated rings. The first-order chi connectivity index (χ1) is 16.0. The van der Waals surface area contributed by atoms with Crippen molar-refractivity contribution in [1.29, 1.82) is 0 Å². The molecular formula is C27H27N3O3. The second-order valence-corrected chi connectivity index (χ2v) is 8.54. The first-order valence-corrected chi connectivity index (χ1v) is 11.1. The lowest BCUT2D eigenvalue weighted by Crippen LogP contribution is -2.47. The van der Waals surface area contributed by atoms with Gasteiger partial charge in [-0.05, 0) is 24.1 Å². The van der Waals surface area contributed by atoms with Crippen LogP contribution in [0.1, 0.15) is 41.6 Å². The van der Waals surface area contributed by atoms with Crippen molar-refractivity contribution in [3.05, 3.63) is 95.3 Å². The number of fused-ring (bicyclic) bond motifs is 3. The van der Waals surface area contributed by atoms with Crippen molar-refractivity contribution in [1.82, 2.24) is 9.55 Å². The molecule has 0 saturated heterocycles. The number of aliphatic hydroxyl groups excluding tert-OH is 1. The normalized spacial score (nSPS) is 20.1. The molecule has 3 aromatic carbocycles. The zero-order valence-corrected chi connectivity index (χ0v) is 19.0. The molecule has 0 radical (unpaired) electrons. The molecule has 0 spiro atoms. The van der Waals surface area contributed by atoms with Crippen molar-refractivity contribution >= 4 is 22.6 Å². The van der Waals surface area contributed by atoms with Crippen molar-refractivity contribution in [2.75, 3.05) is 4.90 Å². The van der Waals surface area contributed by atoms with E-state index in [-0.39, 0.29) is 5.91 Å². The molecule has 5 rings (SSSR count). The predicted octanol–water partition coefficient (Wildman–Crippen LogP) is 4.61. The summed E-state index contributed by atoms with van der Waals surface area (Å²) in [4.78, 5) is 19.5. The minimum Gasteiger partial charge on any atom is -0.388 e. The number of aromatic nitrogens is 2. The Morgan fingerprint density at radius 2 is 1.70 bits per heavy atom. The van der Waals surface area contributed by atoms with E-state index in [1.165, 1.54) is 6.92 Å². The first kappa shape index (κ1) is 21.4. The van der Waals surface area contributed by atoms with Crippen LogP contribution < -0.4 is 4.90 Å². The molecule has 6 heteroatoms. The molecule has 0 aliphatic carbocycles. The number of aryl methyl sites for hydroxylation is 2. The molecule has 2 heterocycles. The number of hydrogen-bond acceptors (Lipinski definition) is 4. The summed E-state index contributed by atoms with van der Waals surface area (Å²) in [6.45, 7) is 3.83. The summed E-state index contributed by atoms with van der Waals surface area (Å²) in [5.41, 5.74) is 5.02. The Labute approximate surface area is 193 Å². The lowest BCUT2D eigenvalue weighted by atomic mass is 9.86. The van der Waals surface area contributed by atoms with Gasteiger partial charge in [-0.1, -0.05) is 66.7 Å². The van der Waals surface area contributed by atoms with Gasteiger partial charge in [0.05, 0.1) is 23.9 Å². The van der Waals surface area contributed by atoms with E-state index in [2.05, 4.69) is 0 Å². The van der Waals surface area contributed by atoms with E-state index in [1.807, 2.05) is 91.3 Å². The van der Waals surface area contributed by atoms with Crippen LogP contribution in [0.5, 0.6) is 0 Å². The zero-order valence-electron chi connectivity index (χ0n) is 19.0. The molecule has 1 aliphatic heterocycles. The Kier molecular flexibility index (Phi) is 5.48. The third-order valence-electron chi connectivity index (χ3n) is 6.49. The van der Waals surface area contributed by atoms with Crippen LogP contribution in [0.25, 0.3) is 11.0 Å². The molecule has 168 valence electrons. The number of benzene rings is 3. The van der Waals surface area contributed by atoms with Crippen molar-refractivity contribution in [2.24, 2.45) is 7.05 Å². The third-order valence-corrected chi connectivity index (χ3v) is 6.49. The molecule has 1 N–H and O–H groups in total. The average molecular weight is 442 g/mol. The molecule has 1 amide bonds. The number of aliphatic hydroxyl groups is 1. The van der Waals surface area contributed by atoms with E-state index in [0.29, 0.717) is 12.3 Å². The summed E-state index contributed by atoms with van der Waals surface area (Å²) in [5.74, 6) is 0.701. The van der Waals surface area contributed by atoms with Crippen molar-refractivity contribution in [3.8, 4) is 0 Å². The summed E-state index contributed by atoms with van der Waals surface area (Å²) < 4.78 is 8.36. The van der Waals surface area contributed by atoms with Crippen LogP contribution >= 0.6 is 0 Å². The van der Waals surface area contributed by atoms with Gasteiger partial charge in [-0.25, -0.2) is 4.98 Å². The zero-order chi connectivity index (χ0) is 23.1. The number of rotatable bonds is 4. The van der Waals surface area contributed by atoms with E-state index in [1.54, 1.807) is 4.90 Å². The lowest BCUT2D eigenvalue weighted by molar-refractivity contribution is -0.119. The van der Waals surface area contributed by atoms with E-state index in [9.17, 15) is 9.90 Å². The second kappa shape index (κ2) is 8.46. The molecule has 0 unspecified atom stereocenters. The van der Waals surface area contributed by atoms with Crippen LogP contribution in [0.2, 0.25) is 0 Å². The van der Waals surface area contributed by atoms with Crippen LogP contribution in [0.15, 0.2) is 72.8 Å². The first-order valence-electron chi connectivity index (χ1n) is 11.1. The van der Waals surface area contributed by atoms with Gasteiger partial charge < -0.3 is 14.4 Å². The summed E-state index contributed by atoms with van der Waals surface area (Å²) in [6.07, 6.45) is -1.57. The second-order valence-electron chi connectivity index (χ2n) is 8.54. The standard InChI is InChI=1S/C27H27N3O3/c1-17-28-23-22(29(17)3)15-14-21-25(23)30(18(2)31)24(20-12-8-5-9-13-20)26(32)27(21)33-16-19-10-6-4-7-11-19/h4-15,24,26-27,32H,16H2,1-3H3/t24-,26-,27-/m1/s1. The number of amides is 1. The van der Waals surface area contributed by atoms with Gasteiger partial charge in [0.2, 0.25) is 5.91 Å². The highest BCUT2D eigenvalue weighted by Gasteiger charge is 2.44. The summed E-state index contributed by atoms with van der Waals surface area (Å²) in [7, 11) is 1.96. The summed E-state index contributed by atoms with van der Waals surface area (Å²) >= 11 is 0. The van der Waals surface area contributed by atoms with Crippen LogP contribution in [-0.4, -0.2) is 26.7 Å². The van der Waals surface area contributed by atoms with Gasteiger partial charge in [0.25, 0.3) is 0 Å². The Morgan fingerprint density at radius 3 is 2.36 bits per heavy atom. The van der Waals surface area contributed by atoms with Gasteiger partial charge >= 0.3 is 0 Å². The lowest BCUT2D eigenvalue weighted by Gasteiger charge is -2.44. The topological polar surface area (TPSA) is 67.6 Å². The van der Waals surface area contributed by atoms with Crippen molar-refractivity contribution in [3.63, 3.8) is 0 Å². The molecule has 0 bridgehead atoms. The maximum absolute atomic E-state index is 13.1. The molecule has 6 nitrogen and oxygen atoms in total. The Morgan fingerprint density at radius 1 is 1.03 bits per heavy atom. The number of carbonyl (C=O) groups is 1. The van der Waals surface area contributed by atoms with E-state index < -0.39 is 18.2 Å². The van der Waals surface area contributed by atoms with Crippen LogP contribution in [0.4, 0.5) is 5.69 Å². The molecule has 1 aromatic heterocycles. The SMILES string of the molecule is CC(=O)N1c2c(ccc3c2nc(C)n3C)[C@@H](OCc2ccccc2)[C@H](O)[C@H]1c1ccccc1. The number of imidazole rings is 1. The fraction of sp³-hybridized carbons (Fsp3) is 0.259. The largest absolute Gasteiger partial charge is 0.388 e. The van der Waals surface area contributed by atoms with Gasteiger partial charge in [-0.2, -0.15) is 0 Å². The average Bonchev–Trinajstić information content (AvgIpc) is 3.12. The number of hydrogen-bond donors (Lipinski definition) is 1. The van der Waals surface area contributed by atoms with E-state index in [4.69, 9.17) is 9.72 Å². The molecule has 0 saturated carbocycles. The van der Waals surface area contributed by atoms with Crippen LogP contribution in [0.3, 0.4) is 0 Å². The minimum absolute atomic E-state index is 0.151. The van der Waals surface area contributed by atoms with Crippen molar-refractivity contribution < 1.29 is 14.6 Å². The Balaban J connectivity index is 1.70. The monoisotopic (exact) mass is 441 g/mol. The number of anilines is 1. The Hall–Kier alpha value is -3.48. The highest BCUT2D eigenvalue weighted by atomic mass is 16.5. The quantitative estimate of drug-likeness (QED) is 0.502. The molecule has 33 heavy (non-hydrogen) atoms. The van der Waals surface area contributed by atoms with Crippen LogP contribution in [-0.2, 0) is 23.2 Å². The fourth-order valence-electron chi connectivity index (χ4n) is 4.80. The van der Waals surface area contributed by atoms with E-state index in [0.717, 1.165) is 33.5 Å². The van der Waals surface area contributed by atoms with Gasteiger partial charge in [0.15, 0.2) is 0 Å². The van der Waals surface area contributed by atoms with Crippen LogP contribution in [0, 0.1) is 6.92 Å². The number of carbonyl (C=O) groups excluding carboxylic acids is 1. The summed E-state index contributed by atoms with van der Waals surface area (Å²) in [5, 5.41) is 11.6. The molecule has 1 aliphatic rings. The highest BCUT2D eigenvalue weighted by Crippen LogP contribution is 2.48. The van der Waals surface area contributed by atoms with Gasteiger partial charge in [0.1, 0.15) is 23.5 Å². The smallest absolute Gasteiger partial charge is 0.224 e. The molecule has 3 atom stereocenters. The maximum atomic E-state index is 13.1. The maximum Gasteiger partial charge on any atom is 0.224 e. The fourth-order valence-corrected chi connectivity index (χ4v) is 4.80. The van der Waals surface area contributed by atoms with Gasteiger partial charge in [-0.3, -0.25) is 9.69 Å². The Bertz CT molecular complexity index is 1300. The predicted molar refractivity (Wildman–Crippen MR) is 128 cm³/mol.